The zero-order valence-corrected chi connectivity index (χ0v) is 16.7. The fourth-order valence-electron chi connectivity index (χ4n) is 5.05. The number of hydrogen-bond acceptors (Lipinski definition) is 4. The number of ether oxygens (including phenoxy) is 1. The normalized spacial score (nSPS) is 17.2. The van der Waals surface area contributed by atoms with Crippen LogP contribution in [-0.2, 0) is 34.4 Å². The van der Waals surface area contributed by atoms with E-state index >= 15 is 0 Å². The highest BCUT2D eigenvalue weighted by Crippen LogP contribution is 2.42. The molecule has 0 saturated heterocycles. The number of carbonyl (C=O) groups excluding carboxylic acids is 1. The Kier molecular flexibility index (Phi) is 4.69. The van der Waals surface area contributed by atoms with Crippen LogP contribution in [0.2, 0.25) is 0 Å². The lowest BCUT2D eigenvalue weighted by molar-refractivity contribution is -0.152. The Morgan fingerprint density at radius 2 is 1.70 bits per heavy atom. The number of carbonyl (C=O) groups is 1. The van der Waals surface area contributed by atoms with Crippen LogP contribution >= 0.6 is 0 Å². The zero-order valence-electron chi connectivity index (χ0n) is 16.7. The van der Waals surface area contributed by atoms with E-state index in [4.69, 9.17) is 9.15 Å². The largest absolute Gasteiger partial charge is 0.460 e. The van der Waals surface area contributed by atoms with Crippen LogP contribution in [0.1, 0.15) is 54.4 Å². The van der Waals surface area contributed by atoms with Crippen molar-refractivity contribution >= 4 is 16.9 Å². The van der Waals surface area contributed by atoms with Gasteiger partial charge in [-0.2, -0.15) is 0 Å². The molecule has 4 nitrogen and oxygen atoms in total. The van der Waals surface area contributed by atoms with Gasteiger partial charge in [0.05, 0.1) is 5.41 Å². The molecule has 5 rings (SSSR count). The molecule has 154 valence electrons. The standard InChI is InChI=1S/C25H23FO4/c26-20-8-6-19(7-9-20)25(10-1-2-11-25)24(28)29-15-18-14-23(27)30-22-13-17-5-3-4-16(17)12-21(18)22/h6-9,12-14H,1-5,10-11,15H2. The lowest BCUT2D eigenvalue weighted by atomic mass is 9.79. The van der Waals surface area contributed by atoms with Gasteiger partial charge in [0.25, 0.3) is 0 Å². The summed E-state index contributed by atoms with van der Waals surface area (Å²) >= 11 is 0. The minimum absolute atomic E-state index is 0.0165. The highest BCUT2D eigenvalue weighted by Gasteiger charge is 2.44. The van der Waals surface area contributed by atoms with E-state index in [1.165, 1.54) is 29.3 Å². The molecular formula is C25H23FO4. The van der Waals surface area contributed by atoms with Crippen LogP contribution in [0.3, 0.4) is 0 Å². The Morgan fingerprint density at radius 1 is 1.00 bits per heavy atom. The molecule has 1 fully saturated rings. The summed E-state index contributed by atoms with van der Waals surface area (Å²) < 4.78 is 24.6. The smallest absolute Gasteiger partial charge is 0.336 e. The summed E-state index contributed by atoms with van der Waals surface area (Å²) in [4.78, 5) is 25.3. The number of hydrogen-bond donors (Lipinski definition) is 0. The first kappa shape index (κ1) is 19.0. The van der Waals surface area contributed by atoms with Crippen molar-refractivity contribution in [2.24, 2.45) is 0 Å². The fraction of sp³-hybridized carbons (Fsp3) is 0.360. The number of aryl methyl sites for hydroxylation is 2. The van der Waals surface area contributed by atoms with Gasteiger partial charge in [-0.05, 0) is 73.1 Å². The number of halogens is 1. The molecule has 2 aliphatic rings. The third kappa shape index (κ3) is 3.22. The van der Waals surface area contributed by atoms with Gasteiger partial charge in [0.2, 0.25) is 0 Å². The molecule has 0 bridgehead atoms. The van der Waals surface area contributed by atoms with E-state index in [1.807, 2.05) is 6.07 Å². The van der Waals surface area contributed by atoms with Crippen molar-refractivity contribution in [2.75, 3.05) is 0 Å². The summed E-state index contributed by atoms with van der Waals surface area (Å²) in [6.45, 7) is 0.0165. The maximum atomic E-state index is 13.4. The summed E-state index contributed by atoms with van der Waals surface area (Å²) in [5.74, 6) is -0.635. The van der Waals surface area contributed by atoms with Crippen molar-refractivity contribution in [1.82, 2.24) is 0 Å². The predicted molar refractivity (Wildman–Crippen MR) is 111 cm³/mol. The van der Waals surface area contributed by atoms with Crippen LogP contribution in [0.25, 0.3) is 11.0 Å². The Labute approximate surface area is 173 Å². The molecule has 5 heteroatoms. The molecule has 0 atom stereocenters. The quantitative estimate of drug-likeness (QED) is 0.453. The maximum Gasteiger partial charge on any atom is 0.336 e. The van der Waals surface area contributed by atoms with Gasteiger partial charge >= 0.3 is 11.6 Å². The summed E-state index contributed by atoms with van der Waals surface area (Å²) in [7, 11) is 0. The lowest BCUT2D eigenvalue weighted by Crippen LogP contribution is -2.34. The third-order valence-corrected chi connectivity index (χ3v) is 6.65. The molecule has 0 amide bonds. The average molecular weight is 406 g/mol. The van der Waals surface area contributed by atoms with Gasteiger partial charge in [0, 0.05) is 17.0 Å². The molecule has 2 aliphatic carbocycles. The van der Waals surface area contributed by atoms with E-state index in [0.717, 1.165) is 43.1 Å². The number of rotatable bonds is 4. The van der Waals surface area contributed by atoms with Crippen LogP contribution in [0.5, 0.6) is 0 Å². The molecule has 3 aromatic rings. The Morgan fingerprint density at radius 3 is 2.43 bits per heavy atom. The SMILES string of the molecule is O=C(OCc1cc(=O)oc2cc3c(cc12)CCC3)C1(c2ccc(F)cc2)CCCC1. The highest BCUT2D eigenvalue weighted by molar-refractivity contribution is 5.85. The molecule has 1 heterocycles. The van der Waals surface area contributed by atoms with Gasteiger partial charge in [-0.3, -0.25) is 4.79 Å². The number of fused-ring (bicyclic) bond motifs is 2. The van der Waals surface area contributed by atoms with Gasteiger partial charge in [-0.25, -0.2) is 9.18 Å². The first-order valence-electron chi connectivity index (χ1n) is 10.6. The second-order valence-corrected chi connectivity index (χ2v) is 8.43. The number of benzene rings is 2. The second kappa shape index (κ2) is 7.38. The molecule has 1 saturated carbocycles. The molecule has 0 spiro atoms. The molecule has 0 unspecified atom stereocenters. The lowest BCUT2D eigenvalue weighted by Gasteiger charge is -2.27. The summed E-state index contributed by atoms with van der Waals surface area (Å²) in [6.07, 6.45) is 6.32. The van der Waals surface area contributed by atoms with Gasteiger partial charge < -0.3 is 9.15 Å². The summed E-state index contributed by atoms with van der Waals surface area (Å²) in [5.41, 5.74) is 3.30. The number of esters is 1. The van der Waals surface area contributed by atoms with Gasteiger partial charge in [-0.15, -0.1) is 0 Å². The maximum absolute atomic E-state index is 13.4. The van der Waals surface area contributed by atoms with E-state index in [1.54, 1.807) is 12.1 Å². The molecule has 0 aliphatic heterocycles. The Bertz CT molecular complexity index is 1170. The van der Waals surface area contributed by atoms with Crippen molar-refractivity contribution in [3.05, 3.63) is 81.0 Å². The summed E-state index contributed by atoms with van der Waals surface area (Å²) in [6, 6.07) is 11.6. The summed E-state index contributed by atoms with van der Waals surface area (Å²) in [5, 5.41) is 0.824. The molecule has 0 radical (unpaired) electrons. The van der Waals surface area contributed by atoms with Gasteiger partial charge in [0.15, 0.2) is 0 Å². The van der Waals surface area contributed by atoms with Crippen LogP contribution in [0.4, 0.5) is 4.39 Å². The van der Waals surface area contributed by atoms with Crippen molar-refractivity contribution in [2.45, 2.75) is 57.0 Å². The van der Waals surface area contributed by atoms with E-state index in [2.05, 4.69) is 6.07 Å². The minimum atomic E-state index is -0.746. The highest BCUT2D eigenvalue weighted by atomic mass is 19.1. The first-order chi connectivity index (χ1) is 14.5. The van der Waals surface area contributed by atoms with Crippen molar-refractivity contribution < 1.29 is 18.3 Å². The van der Waals surface area contributed by atoms with Crippen LogP contribution in [0.15, 0.2) is 51.7 Å². The van der Waals surface area contributed by atoms with E-state index in [9.17, 15) is 14.0 Å². The Balaban J connectivity index is 1.45. The molecule has 2 aromatic carbocycles. The molecule has 30 heavy (non-hydrogen) atoms. The molecular weight excluding hydrogens is 383 g/mol. The topological polar surface area (TPSA) is 56.5 Å². The van der Waals surface area contributed by atoms with Crippen molar-refractivity contribution in [3.8, 4) is 0 Å². The average Bonchev–Trinajstić information content (AvgIpc) is 3.40. The molecule has 0 N–H and O–H groups in total. The van der Waals surface area contributed by atoms with Crippen molar-refractivity contribution in [3.63, 3.8) is 0 Å². The van der Waals surface area contributed by atoms with Gasteiger partial charge in [-0.1, -0.05) is 25.0 Å². The third-order valence-electron chi connectivity index (χ3n) is 6.65. The fourth-order valence-corrected chi connectivity index (χ4v) is 5.05. The van der Waals surface area contributed by atoms with Crippen LogP contribution in [-0.4, -0.2) is 5.97 Å². The van der Waals surface area contributed by atoms with Crippen LogP contribution in [0, 0.1) is 5.82 Å². The zero-order chi connectivity index (χ0) is 20.7. The van der Waals surface area contributed by atoms with E-state index < -0.39 is 11.0 Å². The van der Waals surface area contributed by atoms with Gasteiger partial charge in [0.1, 0.15) is 18.0 Å². The monoisotopic (exact) mass is 406 g/mol. The van der Waals surface area contributed by atoms with Crippen molar-refractivity contribution in [1.29, 1.82) is 0 Å². The minimum Gasteiger partial charge on any atom is -0.460 e. The van der Waals surface area contributed by atoms with E-state index in [0.29, 0.717) is 24.0 Å². The molecule has 1 aromatic heterocycles. The first-order valence-corrected chi connectivity index (χ1v) is 10.6. The van der Waals surface area contributed by atoms with E-state index in [-0.39, 0.29) is 18.4 Å². The Hall–Kier alpha value is -2.95. The second-order valence-electron chi connectivity index (χ2n) is 8.43. The predicted octanol–water partition coefficient (Wildman–Crippen LogP) is 4.98. The van der Waals surface area contributed by atoms with Crippen LogP contribution < -0.4 is 5.63 Å².